The molecule has 0 saturated heterocycles. The second-order valence-electron chi connectivity index (χ2n) is 11.4. The van der Waals surface area contributed by atoms with Crippen molar-refractivity contribution >= 4 is 28.4 Å². The molecule has 0 spiro atoms. The van der Waals surface area contributed by atoms with Crippen LogP contribution in [0, 0.1) is 28.4 Å². The number of nitro benzene ring substituents is 1. The van der Waals surface area contributed by atoms with Gasteiger partial charge in [-0.05, 0) is 56.1 Å². The van der Waals surface area contributed by atoms with Crippen LogP contribution < -0.4 is 10.4 Å². The summed E-state index contributed by atoms with van der Waals surface area (Å²) < 4.78 is 5.16. The fourth-order valence-electron chi connectivity index (χ4n) is 5.29. The molecule has 9 nitrogen and oxygen atoms in total. The van der Waals surface area contributed by atoms with Gasteiger partial charge >= 0.3 is 0 Å². The van der Waals surface area contributed by atoms with Gasteiger partial charge in [-0.15, -0.1) is 11.3 Å². The van der Waals surface area contributed by atoms with Crippen molar-refractivity contribution < 1.29 is 4.92 Å². The third-order valence-electron chi connectivity index (χ3n) is 7.80. The van der Waals surface area contributed by atoms with E-state index in [4.69, 9.17) is 10.1 Å². The Balaban J connectivity index is 1.65. The first kappa shape index (κ1) is 27.5. The van der Waals surface area contributed by atoms with E-state index in [1.165, 1.54) is 17.4 Å². The molecule has 1 aliphatic carbocycles. The van der Waals surface area contributed by atoms with Gasteiger partial charge in [0, 0.05) is 35.8 Å². The van der Waals surface area contributed by atoms with E-state index in [1.807, 2.05) is 55.7 Å². The zero-order valence-corrected chi connectivity index (χ0v) is 24.3. The first-order valence-electron chi connectivity index (χ1n) is 13.5. The molecular formula is C30H34N6O3S. The van der Waals surface area contributed by atoms with Crippen molar-refractivity contribution in [2.24, 2.45) is 28.5 Å². The summed E-state index contributed by atoms with van der Waals surface area (Å²) in [7, 11) is 1.84. The Hall–Kier alpha value is -4.05. The standard InChI is InChI=1S/C30H34N6O3S/c1-20-27(28(37)35(33(20)5)24-11-7-6-8-12-24)31-29-34(32-23-16-14-22(15-17-23)30(2,3)4)26(19-40-29)21-10-9-13-25(18-21)36(38)39/h6-13,18-19,22H,14-17H2,1-5H3. The molecule has 0 unspecified atom stereocenters. The molecule has 2 aromatic heterocycles. The maximum Gasteiger partial charge on any atom is 0.297 e. The minimum Gasteiger partial charge on any atom is -0.283 e. The predicted octanol–water partition coefficient (Wildman–Crippen LogP) is 6.60. The van der Waals surface area contributed by atoms with Crippen molar-refractivity contribution in [3.05, 3.63) is 90.9 Å². The molecule has 208 valence electrons. The van der Waals surface area contributed by atoms with Crippen LogP contribution >= 0.6 is 11.3 Å². The van der Waals surface area contributed by atoms with Gasteiger partial charge in [0.25, 0.3) is 11.2 Å². The molecule has 0 N–H and O–H groups in total. The van der Waals surface area contributed by atoms with E-state index in [0.717, 1.165) is 42.8 Å². The quantitative estimate of drug-likeness (QED) is 0.204. The Morgan fingerprint density at radius 3 is 2.40 bits per heavy atom. The van der Waals surface area contributed by atoms with Crippen molar-refractivity contribution in [3.63, 3.8) is 0 Å². The van der Waals surface area contributed by atoms with Crippen LogP contribution in [0.1, 0.15) is 52.1 Å². The van der Waals surface area contributed by atoms with Crippen LogP contribution in [0.5, 0.6) is 0 Å². The topological polar surface area (TPSA) is 99.7 Å². The van der Waals surface area contributed by atoms with E-state index < -0.39 is 4.92 Å². The molecule has 2 aromatic carbocycles. The molecule has 0 radical (unpaired) electrons. The summed E-state index contributed by atoms with van der Waals surface area (Å²) in [5.41, 5.74) is 4.30. The molecular weight excluding hydrogens is 524 g/mol. The number of nitrogens with zero attached hydrogens (tertiary/aromatic N) is 6. The number of hydrogen-bond donors (Lipinski definition) is 0. The number of hydrogen-bond acceptors (Lipinski definition) is 6. The van der Waals surface area contributed by atoms with Crippen LogP contribution in [0.2, 0.25) is 0 Å². The van der Waals surface area contributed by atoms with Gasteiger partial charge in [0.15, 0.2) is 5.69 Å². The van der Waals surface area contributed by atoms with Crippen molar-refractivity contribution in [1.29, 1.82) is 0 Å². The smallest absolute Gasteiger partial charge is 0.283 e. The normalized spacial score (nSPS) is 16.4. The zero-order chi connectivity index (χ0) is 28.6. The van der Waals surface area contributed by atoms with E-state index in [0.29, 0.717) is 27.7 Å². The summed E-state index contributed by atoms with van der Waals surface area (Å²) in [4.78, 5) is 30.1. The van der Waals surface area contributed by atoms with Crippen molar-refractivity contribution in [1.82, 2.24) is 14.0 Å². The predicted molar refractivity (Wildman–Crippen MR) is 160 cm³/mol. The molecule has 5 rings (SSSR count). The van der Waals surface area contributed by atoms with Gasteiger partial charge in [-0.2, -0.15) is 5.10 Å². The molecule has 4 aromatic rings. The molecule has 0 bridgehead atoms. The van der Waals surface area contributed by atoms with Crippen LogP contribution in [0.15, 0.2) is 74.9 Å². The van der Waals surface area contributed by atoms with Crippen LogP contribution in [0.25, 0.3) is 16.9 Å². The number of non-ortho nitro benzene ring substituents is 1. The summed E-state index contributed by atoms with van der Waals surface area (Å²) in [6.45, 7) is 8.73. The molecule has 10 heteroatoms. The van der Waals surface area contributed by atoms with E-state index in [9.17, 15) is 14.9 Å². The third kappa shape index (κ3) is 5.36. The van der Waals surface area contributed by atoms with Gasteiger partial charge in [0.05, 0.1) is 22.0 Å². The minimum atomic E-state index is -0.398. The molecule has 40 heavy (non-hydrogen) atoms. The van der Waals surface area contributed by atoms with Crippen molar-refractivity contribution in [2.75, 3.05) is 0 Å². The average molecular weight is 559 g/mol. The summed E-state index contributed by atoms with van der Waals surface area (Å²) in [5.74, 6) is 0.628. The average Bonchev–Trinajstić information content (AvgIpc) is 3.42. The van der Waals surface area contributed by atoms with Crippen LogP contribution in [-0.2, 0) is 7.05 Å². The first-order valence-corrected chi connectivity index (χ1v) is 14.3. The fraction of sp³-hybridized carbons (Fsp3) is 0.367. The molecule has 2 heterocycles. The lowest BCUT2D eigenvalue weighted by Crippen LogP contribution is -2.26. The lowest BCUT2D eigenvalue weighted by molar-refractivity contribution is -0.384. The summed E-state index contributed by atoms with van der Waals surface area (Å²) in [6, 6.07) is 16.0. The SMILES string of the molecule is Cc1c(N=c2scc(-c3cccc([N+](=O)[O-])c3)n2N=C2CCC(C(C)(C)C)CC2)c(=O)n(-c2ccccc2)n1C. The summed E-state index contributed by atoms with van der Waals surface area (Å²) in [6.07, 6.45) is 3.88. The lowest BCUT2D eigenvalue weighted by Gasteiger charge is -2.34. The highest BCUT2D eigenvalue weighted by Gasteiger charge is 2.28. The molecule has 0 atom stereocenters. The monoisotopic (exact) mass is 558 g/mol. The lowest BCUT2D eigenvalue weighted by atomic mass is 9.72. The largest absolute Gasteiger partial charge is 0.297 e. The Labute approximate surface area is 236 Å². The van der Waals surface area contributed by atoms with E-state index >= 15 is 0 Å². The van der Waals surface area contributed by atoms with E-state index in [2.05, 4.69) is 20.8 Å². The number of aromatic nitrogens is 3. The maximum absolute atomic E-state index is 13.6. The van der Waals surface area contributed by atoms with E-state index in [1.54, 1.807) is 26.2 Å². The van der Waals surface area contributed by atoms with Gasteiger partial charge < -0.3 is 0 Å². The summed E-state index contributed by atoms with van der Waals surface area (Å²) in [5, 5.41) is 18.4. The second-order valence-corrected chi connectivity index (χ2v) is 12.2. The molecule has 1 aliphatic rings. The third-order valence-corrected chi connectivity index (χ3v) is 8.61. The number of para-hydroxylation sites is 1. The van der Waals surface area contributed by atoms with Gasteiger partial charge in [-0.1, -0.05) is 51.1 Å². The molecule has 1 saturated carbocycles. The fourth-order valence-corrected chi connectivity index (χ4v) is 6.12. The number of benzene rings is 2. The van der Waals surface area contributed by atoms with Gasteiger partial charge in [0.2, 0.25) is 4.80 Å². The highest BCUT2D eigenvalue weighted by Crippen LogP contribution is 2.37. The summed E-state index contributed by atoms with van der Waals surface area (Å²) >= 11 is 1.36. The number of rotatable bonds is 5. The minimum absolute atomic E-state index is 0.0109. The highest BCUT2D eigenvalue weighted by molar-refractivity contribution is 7.07. The Morgan fingerprint density at radius 1 is 1.05 bits per heavy atom. The molecule has 1 fully saturated rings. The van der Waals surface area contributed by atoms with Crippen LogP contribution in [0.4, 0.5) is 11.4 Å². The van der Waals surface area contributed by atoms with E-state index in [-0.39, 0.29) is 16.7 Å². The van der Waals surface area contributed by atoms with Crippen LogP contribution in [-0.4, -0.2) is 24.7 Å². The molecule has 0 amide bonds. The van der Waals surface area contributed by atoms with Gasteiger partial charge in [-0.3, -0.25) is 19.6 Å². The number of nitro groups is 1. The Bertz CT molecular complexity index is 1710. The second kappa shape index (κ2) is 10.8. The highest BCUT2D eigenvalue weighted by atomic mass is 32.1. The van der Waals surface area contributed by atoms with Crippen LogP contribution in [0.3, 0.4) is 0 Å². The van der Waals surface area contributed by atoms with Gasteiger partial charge in [-0.25, -0.2) is 14.4 Å². The Morgan fingerprint density at radius 2 is 1.75 bits per heavy atom. The van der Waals surface area contributed by atoms with Crippen molar-refractivity contribution in [3.8, 4) is 16.9 Å². The Kier molecular flexibility index (Phi) is 7.46. The van der Waals surface area contributed by atoms with Crippen molar-refractivity contribution in [2.45, 2.75) is 53.4 Å². The maximum atomic E-state index is 13.6. The first-order chi connectivity index (χ1) is 19.0. The molecule has 0 aliphatic heterocycles. The number of thiazole rings is 1. The van der Waals surface area contributed by atoms with Gasteiger partial charge in [0.1, 0.15) is 0 Å². The zero-order valence-electron chi connectivity index (χ0n) is 23.5.